The van der Waals surface area contributed by atoms with Crippen molar-refractivity contribution in [1.82, 2.24) is 0 Å². The second-order valence-corrected chi connectivity index (χ2v) is 4.54. The van der Waals surface area contributed by atoms with Crippen LogP contribution < -0.4 is 0 Å². The highest BCUT2D eigenvalue weighted by atomic mass is 16.5. The molecule has 0 aromatic carbocycles. The third-order valence-electron chi connectivity index (χ3n) is 3.14. The van der Waals surface area contributed by atoms with Crippen molar-refractivity contribution < 1.29 is 25.2 Å². The number of ether oxygens (including phenoxy) is 1. The van der Waals surface area contributed by atoms with Gasteiger partial charge in [0.15, 0.2) is 0 Å². The SMILES string of the molecule is CCCCCC[C]1O[C@H](CO)[C@H](O)[C@H](O)[C@H]1O. The van der Waals surface area contributed by atoms with Gasteiger partial charge in [-0.3, -0.25) is 0 Å². The highest BCUT2D eigenvalue weighted by Gasteiger charge is 2.43. The van der Waals surface area contributed by atoms with E-state index < -0.39 is 24.4 Å². The molecule has 17 heavy (non-hydrogen) atoms. The summed E-state index contributed by atoms with van der Waals surface area (Å²) in [5, 5.41) is 37.9. The minimum absolute atomic E-state index is 0.372. The molecule has 5 heteroatoms. The standard InChI is InChI=1S/C12H23O5/c1-2-3-4-5-6-8-10(14)12(16)11(15)9(7-13)17-8/h9-16H,2-7H2,1H3/t9-,10+,11+,12-/m1/s1. The summed E-state index contributed by atoms with van der Waals surface area (Å²) >= 11 is 0. The first kappa shape index (κ1) is 14.9. The average Bonchev–Trinajstić information content (AvgIpc) is 2.34. The fourth-order valence-electron chi connectivity index (χ4n) is 2.01. The summed E-state index contributed by atoms with van der Waals surface area (Å²) in [5.41, 5.74) is 0. The van der Waals surface area contributed by atoms with E-state index in [9.17, 15) is 15.3 Å². The van der Waals surface area contributed by atoms with E-state index in [1.807, 2.05) is 0 Å². The van der Waals surface area contributed by atoms with E-state index in [0.29, 0.717) is 12.5 Å². The molecule has 0 bridgehead atoms. The lowest BCUT2D eigenvalue weighted by atomic mass is 9.92. The molecular formula is C12H23O5. The number of aliphatic hydroxyl groups is 4. The first-order valence-corrected chi connectivity index (χ1v) is 6.29. The minimum Gasteiger partial charge on any atom is -0.394 e. The van der Waals surface area contributed by atoms with E-state index in [-0.39, 0.29) is 6.61 Å². The molecule has 5 nitrogen and oxygen atoms in total. The average molecular weight is 247 g/mol. The topological polar surface area (TPSA) is 90.2 Å². The van der Waals surface area contributed by atoms with Crippen LogP contribution in [-0.4, -0.2) is 51.4 Å². The summed E-state index contributed by atoms with van der Waals surface area (Å²) in [7, 11) is 0. The highest BCUT2D eigenvalue weighted by Crippen LogP contribution is 2.29. The van der Waals surface area contributed by atoms with Crippen LogP contribution in [0.4, 0.5) is 0 Å². The molecular weight excluding hydrogens is 224 g/mol. The van der Waals surface area contributed by atoms with Gasteiger partial charge in [0.05, 0.1) is 6.61 Å². The van der Waals surface area contributed by atoms with Crippen LogP contribution >= 0.6 is 0 Å². The number of rotatable bonds is 6. The van der Waals surface area contributed by atoms with Gasteiger partial charge in [-0.15, -0.1) is 0 Å². The monoisotopic (exact) mass is 247 g/mol. The number of hydrogen-bond acceptors (Lipinski definition) is 5. The zero-order valence-corrected chi connectivity index (χ0v) is 10.2. The molecule has 0 saturated carbocycles. The van der Waals surface area contributed by atoms with Gasteiger partial charge < -0.3 is 25.2 Å². The van der Waals surface area contributed by atoms with Crippen LogP contribution in [0.1, 0.15) is 39.0 Å². The van der Waals surface area contributed by atoms with Crippen LogP contribution in [-0.2, 0) is 4.74 Å². The normalized spacial score (nSPS) is 35.1. The van der Waals surface area contributed by atoms with Gasteiger partial charge in [0.2, 0.25) is 0 Å². The van der Waals surface area contributed by atoms with Crippen LogP contribution in [0.2, 0.25) is 0 Å². The fourth-order valence-corrected chi connectivity index (χ4v) is 2.01. The van der Waals surface area contributed by atoms with Crippen molar-refractivity contribution >= 4 is 0 Å². The van der Waals surface area contributed by atoms with Crippen molar-refractivity contribution in [2.24, 2.45) is 0 Å². The molecule has 0 aliphatic carbocycles. The van der Waals surface area contributed by atoms with Crippen LogP contribution in [0.25, 0.3) is 0 Å². The Morgan fingerprint density at radius 1 is 1.06 bits per heavy atom. The summed E-state index contributed by atoms with van der Waals surface area (Å²) in [4.78, 5) is 0. The molecule has 1 aliphatic heterocycles. The first-order valence-electron chi connectivity index (χ1n) is 6.29. The summed E-state index contributed by atoms with van der Waals surface area (Å²) < 4.78 is 5.32. The molecule has 0 spiro atoms. The van der Waals surface area contributed by atoms with Crippen molar-refractivity contribution in [3.63, 3.8) is 0 Å². The smallest absolute Gasteiger partial charge is 0.129 e. The zero-order chi connectivity index (χ0) is 12.8. The van der Waals surface area contributed by atoms with E-state index in [1.165, 1.54) is 0 Å². The molecule has 101 valence electrons. The third kappa shape index (κ3) is 3.89. The maximum atomic E-state index is 9.72. The van der Waals surface area contributed by atoms with Crippen LogP contribution in [0, 0.1) is 6.10 Å². The van der Waals surface area contributed by atoms with Gasteiger partial charge >= 0.3 is 0 Å². The van der Waals surface area contributed by atoms with Crippen molar-refractivity contribution in [3.05, 3.63) is 6.10 Å². The fraction of sp³-hybridized carbons (Fsp3) is 0.917. The predicted octanol–water partition coefficient (Wildman–Crippen LogP) is -0.0374. The molecule has 4 atom stereocenters. The molecule has 1 aliphatic rings. The van der Waals surface area contributed by atoms with Gasteiger partial charge in [-0.05, 0) is 6.42 Å². The Morgan fingerprint density at radius 2 is 1.76 bits per heavy atom. The van der Waals surface area contributed by atoms with E-state index in [0.717, 1.165) is 25.7 Å². The Hall–Kier alpha value is -0.200. The second-order valence-electron chi connectivity index (χ2n) is 4.54. The summed E-state index contributed by atoms with van der Waals surface area (Å²) in [6, 6.07) is 0. The van der Waals surface area contributed by atoms with Crippen molar-refractivity contribution in [2.45, 2.75) is 63.4 Å². The maximum absolute atomic E-state index is 9.72. The maximum Gasteiger partial charge on any atom is 0.129 e. The van der Waals surface area contributed by atoms with Gasteiger partial charge in [-0.1, -0.05) is 32.6 Å². The lowest BCUT2D eigenvalue weighted by Gasteiger charge is -2.39. The van der Waals surface area contributed by atoms with Crippen molar-refractivity contribution in [1.29, 1.82) is 0 Å². The lowest BCUT2D eigenvalue weighted by molar-refractivity contribution is -0.192. The quantitative estimate of drug-likeness (QED) is 0.495. The van der Waals surface area contributed by atoms with Crippen molar-refractivity contribution in [2.75, 3.05) is 6.61 Å². The Kier molecular flexibility index (Phi) is 6.37. The minimum atomic E-state index is -1.28. The second kappa shape index (κ2) is 7.28. The van der Waals surface area contributed by atoms with Gasteiger partial charge in [0, 0.05) is 0 Å². The molecule has 0 aromatic heterocycles. The Morgan fingerprint density at radius 3 is 2.35 bits per heavy atom. The first-order chi connectivity index (χ1) is 8.11. The Labute approximate surface area is 102 Å². The molecule has 1 radical (unpaired) electrons. The molecule has 4 N–H and O–H groups in total. The summed E-state index contributed by atoms with van der Waals surface area (Å²) in [6.07, 6.45) is 0.580. The van der Waals surface area contributed by atoms with Crippen LogP contribution in [0.3, 0.4) is 0 Å². The van der Waals surface area contributed by atoms with Gasteiger partial charge in [-0.2, -0.15) is 0 Å². The molecule has 0 unspecified atom stereocenters. The Bertz CT molecular complexity index is 209. The van der Waals surface area contributed by atoms with Gasteiger partial charge in [-0.25, -0.2) is 0 Å². The summed E-state index contributed by atoms with van der Waals surface area (Å²) in [6.45, 7) is 1.74. The number of unbranched alkanes of at least 4 members (excludes halogenated alkanes) is 3. The highest BCUT2D eigenvalue weighted by molar-refractivity contribution is 5.01. The zero-order valence-electron chi connectivity index (χ0n) is 10.2. The van der Waals surface area contributed by atoms with Gasteiger partial charge in [0.25, 0.3) is 0 Å². The number of aliphatic hydroxyl groups excluding tert-OH is 4. The molecule has 1 saturated heterocycles. The largest absolute Gasteiger partial charge is 0.394 e. The predicted molar refractivity (Wildman–Crippen MR) is 62.0 cm³/mol. The molecule has 1 rings (SSSR count). The molecule has 0 amide bonds. The molecule has 1 heterocycles. The molecule has 1 fully saturated rings. The third-order valence-corrected chi connectivity index (χ3v) is 3.14. The number of hydrogen-bond donors (Lipinski definition) is 4. The van der Waals surface area contributed by atoms with Crippen LogP contribution in [0.15, 0.2) is 0 Å². The summed E-state index contributed by atoms with van der Waals surface area (Å²) in [5.74, 6) is 0. The van der Waals surface area contributed by atoms with E-state index in [1.54, 1.807) is 0 Å². The molecule has 0 aromatic rings. The van der Waals surface area contributed by atoms with Gasteiger partial charge in [0.1, 0.15) is 30.5 Å². The van der Waals surface area contributed by atoms with Crippen molar-refractivity contribution in [3.8, 4) is 0 Å². The van der Waals surface area contributed by atoms with Crippen LogP contribution in [0.5, 0.6) is 0 Å². The lowest BCUT2D eigenvalue weighted by Crippen LogP contribution is -2.55. The van der Waals surface area contributed by atoms with E-state index in [2.05, 4.69) is 6.92 Å². The van der Waals surface area contributed by atoms with E-state index >= 15 is 0 Å². The van der Waals surface area contributed by atoms with E-state index in [4.69, 9.17) is 9.84 Å². The Balaban J connectivity index is 2.42.